The van der Waals surface area contributed by atoms with Crippen LogP contribution in [0.2, 0.25) is 0 Å². The first-order valence-electron chi connectivity index (χ1n) is 0.135. The summed E-state index contributed by atoms with van der Waals surface area (Å²) in [6, 6.07) is 0. The van der Waals surface area contributed by atoms with Crippen LogP contribution in [-0.4, -0.2) is 60.2 Å². The van der Waals surface area contributed by atoms with E-state index >= 15 is 0 Å². The average molecular weight is 554 g/mol. The van der Waals surface area contributed by atoms with E-state index in [1.54, 1.807) is 0 Å². The van der Waals surface area contributed by atoms with Crippen LogP contribution in [0.5, 0.6) is 0 Å². The van der Waals surface area contributed by atoms with Gasteiger partial charge in [0, 0.05) is 27.3 Å². The van der Waals surface area contributed by atoms with Crippen LogP contribution >= 0.6 is 0 Å². The maximum absolute atomic E-state index is 2.26. The SMILES string of the molecule is [GaH3].[SeH][Au].[Tl]. The molecule has 0 unspecified atom stereocenters. The van der Waals surface area contributed by atoms with Gasteiger partial charge >= 0.3 is 51.8 Å². The maximum Gasteiger partial charge on any atom is 0 e. The van der Waals surface area contributed by atoms with Crippen LogP contribution in [0.25, 0.3) is 0 Å². The topological polar surface area (TPSA) is 0 Å². The molecular weight excluding hydrogens is 550 g/mol. The molecule has 0 fully saturated rings. The quantitative estimate of drug-likeness (QED) is 0.299. The predicted octanol–water partition coefficient (Wildman–Crippen LogP) is -2.22. The van der Waals surface area contributed by atoms with Gasteiger partial charge < -0.3 is 0 Å². The van der Waals surface area contributed by atoms with Crippen molar-refractivity contribution in [3.63, 3.8) is 0 Å². The van der Waals surface area contributed by atoms with E-state index in [-0.39, 0.29) is 47.1 Å². The number of hydrogen-bond acceptors (Lipinski definition) is 0. The van der Waals surface area contributed by atoms with Crippen LogP contribution < -0.4 is 0 Å². The molecule has 0 aromatic heterocycles. The number of rotatable bonds is 0. The zero-order valence-corrected chi connectivity index (χ0v) is 9.86. The average Bonchev–Trinajstić information content (AvgIpc) is 1.00. The molecule has 0 aromatic carbocycles. The molecule has 0 aliphatic carbocycles. The second-order valence-corrected chi connectivity index (χ2v) is 0. The Morgan fingerprint density at radius 3 is 1.25 bits per heavy atom. The molecule has 0 heterocycles. The molecule has 0 nitrogen and oxygen atoms in total. The van der Waals surface area contributed by atoms with Crippen molar-refractivity contribution in [1.29, 1.82) is 0 Å². The molecule has 0 aromatic rings. The smallest absolute Gasteiger partial charge is 0 e. The Bertz CT molecular complexity index is 8.00. The van der Waals surface area contributed by atoms with E-state index in [9.17, 15) is 0 Å². The molecule has 0 atom stereocenters. The fourth-order valence-corrected chi connectivity index (χ4v) is 0. The minimum Gasteiger partial charge on any atom is 0 e. The summed E-state index contributed by atoms with van der Waals surface area (Å²) in [6.45, 7) is 0. The van der Waals surface area contributed by atoms with Gasteiger partial charge in [-0.1, -0.05) is 0 Å². The minimum atomic E-state index is 0. The molecule has 4 heavy (non-hydrogen) atoms. The molecule has 27 valence electrons. The van der Waals surface area contributed by atoms with Gasteiger partial charge in [0.1, 0.15) is 0 Å². The van der Waals surface area contributed by atoms with Crippen molar-refractivity contribution in [2.75, 3.05) is 0 Å². The summed E-state index contributed by atoms with van der Waals surface area (Å²) in [5.41, 5.74) is 0. The van der Waals surface area contributed by atoms with Crippen LogP contribution in [0.3, 0.4) is 0 Å². The normalized spacial score (nSPS) is 1.75. The molecule has 0 spiro atoms. The molecule has 0 aliphatic rings. The second kappa shape index (κ2) is 17.0. The van der Waals surface area contributed by atoms with E-state index < -0.39 is 0 Å². The van der Waals surface area contributed by atoms with E-state index in [2.05, 4.69) is 32.0 Å². The number of hydrogen-bond donors (Lipinski definition) is 0. The summed E-state index contributed by atoms with van der Waals surface area (Å²) in [5.74, 6) is 0. The summed E-state index contributed by atoms with van der Waals surface area (Å²) in [6.07, 6.45) is 0. The van der Waals surface area contributed by atoms with Crippen LogP contribution in [0.1, 0.15) is 0 Å². The third-order valence-electron chi connectivity index (χ3n) is 0. The van der Waals surface area contributed by atoms with Gasteiger partial charge in [-0.2, -0.15) is 0 Å². The van der Waals surface area contributed by atoms with E-state index in [0.717, 1.165) is 0 Å². The van der Waals surface area contributed by atoms with Crippen molar-refractivity contribution < 1.29 is 18.9 Å². The van der Waals surface area contributed by atoms with Gasteiger partial charge in [-0.15, -0.1) is 0 Å². The maximum atomic E-state index is 2.26. The zero-order chi connectivity index (χ0) is 2.00. The Kier molecular flexibility index (Phi) is 67.3. The van der Waals surface area contributed by atoms with Gasteiger partial charge in [0.25, 0.3) is 0 Å². The van der Waals surface area contributed by atoms with Gasteiger partial charge in [-0.25, -0.2) is 0 Å². The Morgan fingerprint density at radius 1 is 1.25 bits per heavy atom. The van der Waals surface area contributed by atoms with E-state index in [0.29, 0.717) is 0 Å². The zero-order valence-electron chi connectivity index (χ0n) is 1.33. The van der Waals surface area contributed by atoms with E-state index in [1.165, 1.54) is 0 Å². The van der Waals surface area contributed by atoms with Gasteiger partial charge in [-0.05, 0) is 0 Å². The monoisotopic (exact) mass is 555 g/mol. The Labute approximate surface area is 77.6 Å². The fourth-order valence-electron chi connectivity index (χ4n) is 0. The first-order chi connectivity index (χ1) is 1.00. The van der Waals surface area contributed by atoms with Crippen molar-refractivity contribution >= 4 is 60.2 Å². The third kappa shape index (κ3) is 8.84. The van der Waals surface area contributed by atoms with Crippen LogP contribution in [0, 0.1) is 0 Å². The van der Waals surface area contributed by atoms with Crippen molar-refractivity contribution in [2.24, 2.45) is 0 Å². The van der Waals surface area contributed by atoms with Crippen molar-refractivity contribution in [1.82, 2.24) is 0 Å². The summed E-state index contributed by atoms with van der Waals surface area (Å²) in [4.78, 5) is 0. The molecule has 0 N–H and O–H groups in total. The molecule has 0 saturated carbocycles. The van der Waals surface area contributed by atoms with Crippen LogP contribution in [0.4, 0.5) is 0 Å². The molecule has 0 aliphatic heterocycles. The Hall–Kier alpha value is 2.82. The first-order valence-corrected chi connectivity index (χ1v) is 5.74. The molecule has 1 radical (unpaired) electrons. The van der Waals surface area contributed by atoms with Gasteiger partial charge in [0.15, 0.2) is 0 Å². The summed E-state index contributed by atoms with van der Waals surface area (Å²) in [5, 5.41) is 0. The minimum absolute atomic E-state index is 0. The van der Waals surface area contributed by atoms with Crippen LogP contribution in [0.15, 0.2) is 0 Å². The predicted molar refractivity (Wildman–Crippen MR) is 22.8 cm³/mol. The molecule has 4 heteroatoms. The van der Waals surface area contributed by atoms with Crippen molar-refractivity contribution in [2.45, 2.75) is 0 Å². The fraction of sp³-hybridized carbons (Fsp3) is 0. The van der Waals surface area contributed by atoms with E-state index in [4.69, 9.17) is 0 Å². The Morgan fingerprint density at radius 2 is 1.25 bits per heavy atom. The summed E-state index contributed by atoms with van der Waals surface area (Å²) in [7, 11) is 0. The standard InChI is InChI=1S/Au.Ga.H2Se.Tl.3H/h;;1H2;;;;/q+1;;;;;;/p-1. The second-order valence-electron chi connectivity index (χ2n) is 0. The largest absolute Gasteiger partial charge is 0 e. The molecule has 0 rings (SSSR count). The first kappa shape index (κ1) is 15.8. The molecular formula is H4AuGaSeTl. The summed E-state index contributed by atoms with van der Waals surface area (Å²) >= 11 is 4.47. The van der Waals surface area contributed by atoms with Gasteiger partial charge in [-0.3, -0.25) is 0 Å². The van der Waals surface area contributed by atoms with Gasteiger partial charge in [0.2, 0.25) is 0 Å². The molecule has 0 bridgehead atoms. The van der Waals surface area contributed by atoms with Crippen LogP contribution in [-0.2, 0) is 18.9 Å². The Balaban J connectivity index is -0.00000000500. The van der Waals surface area contributed by atoms with Gasteiger partial charge in [0.05, 0.1) is 0 Å². The van der Waals surface area contributed by atoms with Crippen molar-refractivity contribution in [3.05, 3.63) is 0 Å². The van der Waals surface area contributed by atoms with Crippen molar-refractivity contribution in [3.8, 4) is 0 Å². The van der Waals surface area contributed by atoms with E-state index in [1.807, 2.05) is 0 Å². The summed E-state index contributed by atoms with van der Waals surface area (Å²) < 4.78 is 0. The third-order valence-corrected chi connectivity index (χ3v) is 0. The molecule has 0 amide bonds. The molecule has 0 saturated heterocycles.